The summed E-state index contributed by atoms with van der Waals surface area (Å²) in [6.45, 7) is 13.1. The Morgan fingerprint density at radius 2 is 1.80 bits per heavy atom. The Kier molecular flexibility index (Phi) is 10.5. The van der Waals surface area contributed by atoms with Crippen molar-refractivity contribution in [3.05, 3.63) is 12.3 Å². The Hall–Kier alpha value is -0.460. The Labute approximate surface area is 65.7 Å². The average molecular weight is 143 g/mol. The summed E-state index contributed by atoms with van der Waals surface area (Å²) in [7, 11) is 2.06. The molecule has 0 bridgehead atoms. The molecule has 0 saturated heterocycles. The molecule has 0 spiro atoms. The molecule has 0 unspecified atom stereocenters. The van der Waals surface area contributed by atoms with Crippen LogP contribution in [0.5, 0.6) is 0 Å². The number of hydrogen-bond donors (Lipinski definition) is 0. The number of hydrogen-bond acceptors (Lipinski definition) is 1. The Morgan fingerprint density at radius 3 is 1.90 bits per heavy atom. The summed E-state index contributed by atoms with van der Waals surface area (Å²) in [6, 6.07) is 0. The van der Waals surface area contributed by atoms with Crippen LogP contribution >= 0.6 is 0 Å². The average Bonchev–Trinajstić information content (AvgIpc) is 1.93. The Bertz CT molecular complexity index is 76.8. The monoisotopic (exact) mass is 143 g/mol. The molecule has 0 radical (unpaired) electrons. The van der Waals surface area contributed by atoms with E-state index in [4.69, 9.17) is 0 Å². The molecule has 10 heavy (non-hydrogen) atoms. The van der Waals surface area contributed by atoms with Crippen LogP contribution in [-0.2, 0) is 0 Å². The Balaban J connectivity index is 0. The molecular formula is C9H21N. The molecular weight excluding hydrogens is 122 g/mol. The van der Waals surface area contributed by atoms with Gasteiger partial charge in [0.15, 0.2) is 0 Å². The molecule has 1 heteroatoms. The van der Waals surface area contributed by atoms with Crippen LogP contribution < -0.4 is 0 Å². The molecule has 0 fully saturated rings. The van der Waals surface area contributed by atoms with E-state index in [1.165, 1.54) is 6.42 Å². The fourth-order valence-corrected chi connectivity index (χ4v) is 0.526. The molecule has 0 aromatic rings. The predicted molar refractivity (Wildman–Crippen MR) is 49.1 cm³/mol. The third-order valence-corrected chi connectivity index (χ3v) is 1.21. The molecule has 0 aromatic heterocycles. The van der Waals surface area contributed by atoms with E-state index in [1.54, 1.807) is 0 Å². The second-order valence-electron chi connectivity index (χ2n) is 2.16. The predicted octanol–water partition coefficient (Wildman–Crippen LogP) is 2.89. The summed E-state index contributed by atoms with van der Waals surface area (Å²) in [5.74, 6) is 0. The Morgan fingerprint density at radius 1 is 1.40 bits per heavy atom. The molecule has 62 valence electrons. The maximum atomic E-state index is 3.80. The van der Waals surface area contributed by atoms with Gasteiger partial charge in [0.1, 0.15) is 0 Å². The first-order chi connectivity index (χ1) is 4.68. The summed E-state index contributed by atoms with van der Waals surface area (Å²) in [6.07, 6.45) is 1.20. The highest BCUT2D eigenvalue weighted by atomic mass is 15.1. The maximum Gasteiger partial charge on any atom is 0.0168 e. The zero-order valence-electron chi connectivity index (χ0n) is 8.07. The quantitative estimate of drug-likeness (QED) is 0.587. The summed E-state index contributed by atoms with van der Waals surface area (Å²) < 4.78 is 0. The van der Waals surface area contributed by atoms with Gasteiger partial charge in [-0.3, -0.25) is 0 Å². The minimum absolute atomic E-state index is 1.12. The van der Waals surface area contributed by atoms with E-state index in [-0.39, 0.29) is 0 Å². The van der Waals surface area contributed by atoms with Gasteiger partial charge in [0.25, 0.3) is 0 Å². The molecule has 0 saturated carbocycles. The zero-order chi connectivity index (χ0) is 8.57. The zero-order valence-corrected chi connectivity index (χ0v) is 8.07. The van der Waals surface area contributed by atoms with Gasteiger partial charge in [-0.1, -0.05) is 27.4 Å². The largest absolute Gasteiger partial charge is 0.379 e. The van der Waals surface area contributed by atoms with E-state index in [0.717, 1.165) is 12.2 Å². The van der Waals surface area contributed by atoms with Crippen LogP contribution in [0, 0.1) is 0 Å². The lowest BCUT2D eigenvalue weighted by Crippen LogP contribution is -2.15. The lowest BCUT2D eigenvalue weighted by molar-refractivity contribution is 0.420. The van der Waals surface area contributed by atoms with Crippen molar-refractivity contribution in [2.24, 2.45) is 0 Å². The fraction of sp³-hybridized carbons (Fsp3) is 0.778. The van der Waals surface area contributed by atoms with Gasteiger partial charge < -0.3 is 4.90 Å². The van der Waals surface area contributed by atoms with E-state index < -0.39 is 0 Å². The lowest BCUT2D eigenvalue weighted by atomic mass is 10.4. The van der Waals surface area contributed by atoms with Crippen LogP contribution in [0.2, 0.25) is 0 Å². The van der Waals surface area contributed by atoms with Crippen LogP contribution in [0.15, 0.2) is 12.3 Å². The van der Waals surface area contributed by atoms with Gasteiger partial charge in [-0.25, -0.2) is 0 Å². The van der Waals surface area contributed by atoms with Crippen molar-refractivity contribution < 1.29 is 0 Å². The summed E-state index contributed by atoms with van der Waals surface area (Å²) >= 11 is 0. The lowest BCUT2D eigenvalue weighted by Gasteiger charge is -2.16. The molecule has 0 aliphatic heterocycles. The molecule has 0 heterocycles. The van der Waals surface area contributed by atoms with Gasteiger partial charge in [0.2, 0.25) is 0 Å². The third kappa shape index (κ3) is 7.54. The molecule has 0 rings (SSSR count). The van der Waals surface area contributed by atoms with Crippen molar-refractivity contribution in [1.82, 2.24) is 4.90 Å². The van der Waals surface area contributed by atoms with E-state index in [1.807, 2.05) is 20.8 Å². The van der Waals surface area contributed by atoms with Gasteiger partial charge >= 0.3 is 0 Å². The van der Waals surface area contributed by atoms with E-state index in [2.05, 4.69) is 25.5 Å². The first-order valence-electron chi connectivity index (χ1n) is 4.05. The molecule has 0 aromatic carbocycles. The van der Waals surface area contributed by atoms with Crippen LogP contribution in [0.1, 0.15) is 34.1 Å². The second kappa shape index (κ2) is 8.54. The molecule has 0 N–H and O–H groups in total. The minimum Gasteiger partial charge on any atom is -0.379 e. The molecule has 0 aliphatic rings. The summed E-state index contributed by atoms with van der Waals surface area (Å²) in [4.78, 5) is 2.15. The van der Waals surface area contributed by atoms with Crippen molar-refractivity contribution in [3.8, 4) is 0 Å². The van der Waals surface area contributed by atoms with Crippen LogP contribution in [-0.4, -0.2) is 18.5 Å². The van der Waals surface area contributed by atoms with E-state index in [9.17, 15) is 0 Å². The normalized spacial score (nSPS) is 7.70. The van der Waals surface area contributed by atoms with Gasteiger partial charge in [0, 0.05) is 19.3 Å². The topological polar surface area (TPSA) is 3.24 Å². The second-order valence-corrected chi connectivity index (χ2v) is 2.16. The van der Waals surface area contributed by atoms with Crippen molar-refractivity contribution in [2.45, 2.75) is 34.1 Å². The van der Waals surface area contributed by atoms with Gasteiger partial charge in [-0.15, -0.1) is 0 Å². The first kappa shape index (κ1) is 12.2. The third-order valence-electron chi connectivity index (χ3n) is 1.21. The fourth-order valence-electron chi connectivity index (χ4n) is 0.526. The summed E-state index contributed by atoms with van der Waals surface area (Å²) in [5, 5.41) is 0. The maximum absolute atomic E-state index is 3.80. The molecule has 1 nitrogen and oxygen atoms in total. The van der Waals surface area contributed by atoms with Crippen LogP contribution in [0.3, 0.4) is 0 Å². The smallest absolute Gasteiger partial charge is 0.0168 e. The van der Waals surface area contributed by atoms with E-state index >= 15 is 0 Å². The summed E-state index contributed by atoms with van der Waals surface area (Å²) in [5.41, 5.74) is 1.15. The van der Waals surface area contributed by atoms with Crippen LogP contribution in [0.25, 0.3) is 0 Å². The molecule has 0 amide bonds. The highest BCUT2D eigenvalue weighted by Crippen LogP contribution is 1.95. The number of nitrogens with zero attached hydrogens (tertiary/aromatic N) is 1. The van der Waals surface area contributed by atoms with Crippen molar-refractivity contribution in [3.63, 3.8) is 0 Å². The van der Waals surface area contributed by atoms with Crippen LogP contribution in [0.4, 0.5) is 0 Å². The highest BCUT2D eigenvalue weighted by molar-refractivity contribution is 4.85. The standard InChI is InChI=1S/C7H15N.C2H6/c1-5-6-8(4)7(2)3;1-2/h2,5-6H2,1,3-4H3;1-2H3. The minimum atomic E-state index is 1.12. The molecule has 0 atom stereocenters. The van der Waals surface area contributed by atoms with E-state index in [0.29, 0.717) is 0 Å². The van der Waals surface area contributed by atoms with Gasteiger partial charge in [-0.2, -0.15) is 0 Å². The van der Waals surface area contributed by atoms with Gasteiger partial charge in [0.05, 0.1) is 0 Å². The number of rotatable bonds is 3. The van der Waals surface area contributed by atoms with Gasteiger partial charge in [-0.05, 0) is 13.3 Å². The SMILES string of the molecule is C=C(C)N(C)CCC.CC. The number of allylic oxidation sites excluding steroid dienone is 1. The first-order valence-corrected chi connectivity index (χ1v) is 4.05. The highest BCUT2D eigenvalue weighted by Gasteiger charge is 1.90. The van der Waals surface area contributed by atoms with Crippen molar-refractivity contribution >= 4 is 0 Å². The van der Waals surface area contributed by atoms with Crippen molar-refractivity contribution in [2.75, 3.05) is 13.6 Å². The van der Waals surface area contributed by atoms with Crippen molar-refractivity contribution in [1.29, 1.82) is 0 Å². The molecule has 0 aliphatic carbocycles.